The van der Waals surface area contributed by atoms with Gasteiger partial charge in [0.15, 0.2) is 5.06 Å². The van der Waals surface area contributed by atoms with Gasteiger partial charge in [-0.15, -0.1) is 11.3 Å². The predicted molar refractivity (Wildman–Crippen MR) is 55.6 cm³/mol. The van der Waals surface area contributed by atoms with E-state index in [1.165, 1.54) is 5.56 Å². The van der Waals surface area contributed by atoms with Crippen LogP contribution in [-0.4, -0.2) is 18.7 Å². The largest absolute Gasteiger partial charge is 0.475 e. The van der Waals surface area contributed by atoms with Crippen molar-refractivity contribution in [3.05, 3.63) is 17.0 Å². The molecule has 1 aromatic rings. The van der Waals surface area contributed by atoms with E-state index in [9.17, 15) is 0 Å². The Hall–Kier alpha value is -0.540. The first-order valence-electron chi connectivity index (χ1n) is 4.69. The highest BCUT2D eigenvalue weighted by molar-refractivity contribution is 7.12. The molecule has 0 unspecified atom stereocenters. The zero-order chi connectivity index (χ0) is 9.31. The number of rotatable bonds is 3. The number of nitrogens with one attached hydrogen (secondary N) is 1. The molecule has 1 N–H and O–H groups in total. The average molecular weight is 197 g/mol. The van der Waals surface area contributed by atoms with E-state index >= 15 is 0 Å². The first-order chi connectivity index (χ1) is 6.23. The minimum Gasteiger partial charge on any atom is -0.475 e. The molecule has 0 bridgehead atoms. The van der Waals surface area contributed by atoms with Crippen LogP contribution in [0.4, 0.5) is 0 Å². The van der Waals surface area contributed by atoms with E-state index in [1.54, 1.807) is 11.3 Å². The molecule has 1 aliphatic rings. The van der Waals surface area contributed by atoms with Gasteiger partial charge in [-0.25, -0.2) is 0 Å². The average Bonchev–Trinajstić information content (AvgIpc) is 2.49. The molecule has 72 valence electrons. The lowest BCUT2D eigenvalue weighted by Gasteiger charge is -2.39. The smallest absolute Gasteiger partial charge is 0.177 e. The van der Waals surface area contributed by atoms with Crippen LogP contribution in [0.15, 0.2) is 11.4 Å². The summed E-state index contributed by atoms with van der Waals surface area (Å²) in [6.45, 7) is 6.25. The van der Waals surface area contributed by atoms with Crippen LogP contribution in [0.1, 0.15) is 19.4 Å². The topological polar surface area (TPSA) is 21.3 Å². The monoisotopic (exact) mass is 197 g/mol. The minimum absolute atomic E-state index is 0.0365. The highest BCUT2D eigenvalue weighted by Crippen LogP contribution is 2.31. The lowest BCUT2D eigenvalue weighted by Crippen LogP contribution is -2.60. The molecule has 0 saturated carbocycles. The highest BCUT2D eigenvalue weighted by atomic mass is 32.1. The first-order valence-corrected chi connectivity index (χ1v) is 5.57. The van der Waals surface area contributed by atoms with Gasteiger partial charge in [0.25, 0.3) is 0 Å². The summed E-state index contributed by atoms with van der Waals surface area (Å²) < 4.78 is 5.96. The van der Waals surface area contributed by atoms with Crippen molar-refractivity contribution in [2.45, 2.75) is 25.9 Å². The number of hydrogen-bond acceptors (Lipinski definition) is 3. The summed E-state index contributed by atoms with van der Waals surface area (Å²) in [5.74, 6) is 0. The second kappa shape index (κ2) is 3.31. The van der Waals surface area contributed by atoms with Crippen LogP contribution in [0.25, 0.3) is 0 Å². The van der Waals surface area contributed by atoms with E-state index < -0.39 is 0 Å². The third-order valence-corrected chi connectivity index (χ3v) is 3.26. The molecule has 1 saturated heterocycles. The van der Waals surface area contributed by atoms with Gasteiger partial charge >= 0.3 is 0 Å². The summed E-state index contributed by atoms with van der Waals surface area (Å²) in [5.41, 5.74) is 1.37. The Bertz CT molecular complexity index is 291. The van der Waals surface area contributed by atoms with Crippen LogP contribution in [-0.2, 0) is 6.42 Å². The van der Waals surface area contributed by atoms with E-state index in [4.69, 9.17) is 4.74 Å². The number of hydrogen-bond donors (Lipinski definition) is 1. The van der Waals surface area contributed by atoms with Gasteiger partial charge in [0, 0.05) is 18.7 Å². The highest BCUT2D eigenvalue weighted by Gasteiger charge is 2.34. The summed E-state index contributed by atoms with van der Waals surface area (Å²) in [6, 6.07) is 2.15. The molecule has 2 heterocycles. The molecule has 0 amide bonds. The van der Waals surface area contributed by atoms with E-state index in [1.807, 2.05) is 0 Å². The SMILES string of the molecule is CCc1ccsc1OC1(C)CNC1. The van der Waals surface area contributed by atoms with Gasteiger partial charge in [0.05, 0.1) is 0 Å². The quantitative estimate of drug-likeness (QED) is 0.800. The van der Waals surface area contributed by atoms with Crippen molar-refractivity contribution in [2.75, 3.05) is 13.1 Å². The van der Waals surface area contributed by atoms with E-state index in [0.717, 1.165) is 24.6 Å². The van der Waals surface area contributed by atoms with Crippen molar-refractivity contribution in [2.24, 2.45) is 0 Å². The predicted octanol–water partition coefficient (Wildman–Crippen LogP) is 2.05. The molecule has 0 atom stereocenters. The molecule has 13 heavy (non-hydrogen) atoms. The molecule has 1 aromatic heterocycles. The zero-order valence-corrected chi connectivity index (χ0v) is 8.91. The molecule has 1 fully saturated rings. The molecular formula is C10H15NOS. The van der Waals surface area contributed by atoms with Crippen LogP contribution in [0.2, 0.25) is 0 Å². The van der Waals surface area contributed by atoms with E-state index in [-0.39, 0.29) is 5.60 Å². The van der Waals surface area contributed by atoms with Gasteiger partial charge in [0.2, 0.25) is 0 Å². The molecule has 1 aliphatic heterocycles. The molecule has 2 rings (SSSR count). The number of thiophene rings is 1. The van der Waals surface area contributed by atoms with Crippen molar-refractivity contribution in [3.8, 4) is 5.06 Å². The van der Waals surface area contributed by atoms with Crippen molar-refractivity contribution in [3.63, 3.8) is 0 Å². The van der Waals surface area contributed by atoms with Crippen LogP contribution in [0.5, 0.6) is 5.06 Å². The van der Waals surface area contributed by atoms with Gasteiger partial charge in [-0.3, -0.25) is 0 Å². The maximum absolute atomic E-state index is 5.96. The second-order valence-corrected chi connectivity index (χ2v) is 4.62. The van der Waals surface area contributed by atoms with Crippen LogP contribution in [0, 0.1) is 0 Å². The van der Waals surface area contributed by atoms with Gasteiger partial charge in [-0.2, -0.15) is 0 Å². The third kappa shape index (κ3) is 1.71. The van der Waals surface area contributed by atoms with E-state index in [0.29, 0.717) is 0 Å². The number of aryl methyl sites for hydroxylation is 1. The van der Waals surface area contributed by atoms with Crippen LogP contribution < -0.4 is 10.1 Å². The Kier molecular flexibility index (Phi) is 2.30. The first kappa shape index (κ1) is 9.03. The maximum atomic E-state index is 5.96. The standard InChI is InChI=1S/C10H15NOS/c1-3-8-4-5-13-9(8)12-10(2)6-11-7-10/h4-5,11H,3,6-7H2,1-2H3. The molecule has 0 spiro atoms. The minimum atomic E-state index is 0.0365. The Balaban J connectivity index is 2.08. The zero-order valence-electron chi connectivity index (χ0n) is 8.09. The van der Waals surface area contributed by atoms with Gasteiger partial charge in [-0.1, -0.05) is 6.92 Å². The van der Waals surface area contributed by atoms with Crippen molar-refractivity contribution in [1.29, 1.82) is 0 Å². The molecule has 0 aliphatic carbocycles. The number of ether oxygens (including phenoxy) is 1. The Morgan fingerprint density at radius 3 is 2.92 bits per heavy atom. The summed E-state index contributed by atoms with van der Waals surface area (Å²) in [7, 11) is 0. The maximum Gasteiger partial charge on any atom is 0.177 e. The summed E-state index contributed by atoms with van der Waals surface area (Å²) in [5, 5.41) is 6.44. The van der Waals surface area contributed by atoms with Crippen molar-refractivity contribution in [1.82, 2.24) is 5.32 Å². The van der Waals surface area contributed by atoms with Crippen LogP contribution in [0.3, 0.4) is 0 Å². The van der Waals surface area contributed by atoms with Gasteiger partial charge < -0.3 is 10.1 Å². The lowest BCUT2D eigenvalue weighted by molar-refractivity contribution is 0.0378. The van der Waals surface area contributed by atoms with Gasteiger partial charge in [-0.05, 0) is 24.8 Å². The molecule has 0 radical (unpaired) electrons. The fourth-order valence-electron chi connectivity index (χ4n) is 1.45. The molecule has 0 aromatic carbocycles. The van der Waals surface area contributed by atoms with Crippen molar-refractivity contribution < 1.29 is 4.74 Å². The van der Waals surface area contributed by atoms with Crippen molar-refractivity contribution >= 4 is 11.3 Å². The Labute approximate surface area is 82.9 Å². The fourth-order valence-corrected chi connectivity index (χ4v) is 2.42. The lowest BCUT2D eigenvalue weighted by atomic mass is 10.0. The Morgan fingerprint density at radius 1 is 1.62 bits per heavy atom. The summed E-state index contributed by atoms with van der Waals surface area (Å²) in [4.78, 5) is 0. The van der Waals surface area contributed by atoms with Crippen LogP contribution >= 0.6 is 11.3 Å². The third-order valence-electron chi connectivity index (χ3n) is 2.42. The fraction of sp³-hybridized carbons (Fsp3) is 0.600. The summed E-state index contributed by atoms with van der Waals surface area (Å²) in [6.07, 6.45) is 1.06. The molecule has 3 heteroatoms. The van der Waals surface area contributed by atoms with Gasteiger partial charge in [0.1, 0.15) is 5.60 Å². The molecular weight excluding hydrogens is 182 g/mol. The Morgan fingerprint density at radius 2 is 2.38 bits per heavy atom. The second-order valence-electron chi connectivity index (χ2n) is 3.74. The molecule has 2 nitrogen and oxygen atoms in total. The normalized spacial score (nSPS) is 19.5. The van der Waals surface area contributed by atoms with E-state index in [2.05, 4.69) is 30.6 Å². The summed E-state index contributed by atoms with van der Waals surface area (Å²) >= 11 is 1.70.